The Kier molecular flexibility index (Phi) is 3.89. The summed E-state index contributed by atoms with van der Waals surface area (Å²) in [5, 5.41) is 2.93. The van der Waals surface area contributed by atoms with Gasteiger partial charge in [0.2, 0.25) is 5.95 Å². The molecule has 0 saturated carbocycles. The van der Waals surface area contributed by atoms with E-state index in [0.29, 0.717) is 11.4 Å². The Morgan fingerprint density at radius 1 is 1.00 bits per heavy atom. The van der Waals surface area contributed by atoms with Crippen LogP contribution >= 0.6 is 0 Å². The van der Waals surface area contributed by atoms with Crippen LogP contribution in [0.3, 0.4) is 0 Å². The average Bonchev–Trinajstić information content (AvgIpc) is 2.37. The first kappa shape index (κ1) is 14.3. The lowest BCUT2D eigenvalue weighted by Gasteiger charge is -2.08. The van der Waals surface area contributed by atoms with E-state index < -0.39 is 10.0 Å². The number of aryl methyl sites for hydroxylation is 2. The van der Waals surface area contributed by atoms with Crippen molar-refractivity contribution in [3.05, 3.63) is 41.7 Å². The van der Waals surface area contributed by atoms with Gasteiger partial charge in [-0.05, 0) is 44.2 Å². The highest BCUT2D eigenvalue weighted by Crippen LogP contribution is 2.16. The van der Waals surface area contributed by atoms with Gasteiger partial charge in [0.25, 0.3) is 10.0 Å². The van der Waals surface area contributed by atoms with Crippen molar-refractivity contribution < 1.29 is 8.42 Å². The van der Waals surface area contributed by atoms with Crippen LogP contribution in [-0.2, 0) is 10.0 Å². The maximum atomic E-state index is 12.2. The molecule has 1 aromatic heterocycles. The number of hydrogen-bond acceptors (Lipinski definition) is 5. The van der Waals surface area contributed by atoms with E-state index in [2.05, 4.69) is 20.0 Å². The topological polar surface area (TPSA) is 84.0 Å². The van der Waals surface area contributed by atoms with E-state index in [1.807, 2.05) is 0 Å². The van der Waals surface area contributed by atoms with Crippen LogP contribution in [0.2, 0.25) is 0 Å². The van der Waals surface area contributed by atoms with Crippen molar-refractivity contribution in [3.8, 4) is 0 Å². The highest BCUT2D eigenvalue weighted by atomic mass is 32.2. The Balaban J connectivity index is 2.30. The molecule has 0 amide bonds. The van der Waals surface area contributed by atoms with E-state index in [-0.39, 0.29) is 10.8 Å². The third-order valence-electron chi connectivity index (χ3n) is 2.66. The fourth-order valence-electron chi connectivity index (χ4n) is 1.75. The number of hydrogen-bond donors (Lipinski definition) is 2. The molecule has 2 rings (SSSR count). The van der Waals surface area contributed by atoms with Gasteiger partial charge in [0.05, 0.1) is 4.90 Å². The standard InChI is InChI=1S/C13H16N4O2S/c1-9-8-10(2)16-13(15-9)17-20(18,19)12-6-4-11(14-3)5-7-12/h4-8,14H,1-3H3,(H,15,16,17). The summed E-state index contributed by atoms with van der Waals surface area (Å²) in [7, 11) is -1.91. The van der Waals surface area contributed by atoms with Gasteiger partial charge in [0.1, 0.15) is 0 Å². The molecule has 20 heavy (non-hydrogen) atoms. The molecule has 0 aliphatic rings. The van der Waals surface area contributed by atoms with Gasteiger partial charge in [-0.1, -0.05) is 0 Å². The molecule has 1 aromatic carbocycles. The van der Waals surface area contributed by atoms with Crippen LogP contribution in [-0.4, -0.2) is 25.4 Å². The van der Waals surface area contributed by atoms with Crippen molar-refractivity contribution in [2.24, 2.45) is 0 Å². The van der Waals surface area contributed by atoms with E-state index in [4.69, 9.17) is 0 Å². The fourth-order valence-corrected chi connectivity index (χ4v) is 2.70. The molecule has 0 aliphatic carbocycles. The molecular formula is C13H16N4O2S. The Labute approximate surface area is 118 Å². The number of nitrogens with zero attached hydrogens (tertiary/aromatic N) is 2. The molecule has 7 heteroatoms. The number of nitrogens with one attached hydrogen (secondary N) is 2. The van der Waals surface area contributed by atoms with Gasteiger partial charge >= 0.3 is 0 Å². The maximum absolute atomic E-state index is 12.2. The summed E-state index contributed by atoms with van der Waals surface area (Å²) < 4.78 is 26.8. The number of sulfonamides is 1. The predicted molar refractivity (Wildman–Crippen MR) is 78.3 cm³/mol. The largest absolute Gasteiger partial charge is 0.388 e. The first-order chi connectivity index (χ1) is 9.40. The van der Waals surface area contributed by atoms with Crippen molar-refractivity contribution >= 4 is 21.7 Å². The summed E-state index contributed by atoms with van der Waals surface area (Å²) in [6.45, 7) is 3.57. The molecule has 0 fully saturated rings. The summed E-state index contributed by atoms with van der Waals surface area (Å²) in [6, 6.07) is 8.21. The molecule has 0 atom stereocenters. The zero-order chi connectivity index (χ0) is 14.8. The number of anilines is 2. The van der Waals surface area contributed by atoms with E-state index in [1.54, 1.807) is 39.1 Å². The monoisotopic (exact) mass is 292 g/mol. The molecule has 0 spiro atoms. The van der Waals surface area contributed by atoms with Crippen molar-refractivity contribution in [1.82, 2.24) is 9.97 Å². The minimum atomic E-state index is -3.67. The van der Waals surface area contributed by atoms with Crippen LogP contribution in [0, 0.1) is 13.8 Å². The third kappa shape index (κ3) is 3.24. The summed E-state index contributed by atoms with van der Waals surface area (Å²) in [4.78, 5) is 8.30. The Morgan fingerprint density at radius 2 is 1.55 bits per heavy atom. The fraction of sp³-hybridized carbons (Fsp3) is 0.231. The van der Waals surface area contributed by atoms with Crippen LogP contribution in [0.15, 0.2) is 35.2 Å². The van der Waals surface area contributed by atoms with Crippen molar-refractivity contribution in [3.63, 3.8) is 0 Å². The molecule has 0 saturated heterocycles. The summed E-state index contributed by atoms with van der Waals surface area (Å²) >= 11 is 0. The minimum Gasteiger partial charge on any atom is -0.388 e. The number of benzene rings is 1. The molecule has 106 valence electrons. The van der Waals surface area contributed by atoms with Gasteiger partial charge in [-0.25, -0.2) is 23.1 Å². The molecule has 2 N–H and O–H groups in total. The van der Waals surface area contributed by atoms with E-state index in [9.17, 15) is 8.42 Å². The molecule has 0 radical (unpaired) electrons. The zero-order valence-corrected chi connectivity index (χ0v) is 12.3. The van der Waals surface area contributed by atoms with E-state index in [1.165, 1.54) is 12.1 Å². The molecule has 2 aromatic rings. The highest BCUT2D eigenvalue weighted by Gasteiger charge is 2.15. The van der Waals surface area contributed by atoms with Gasteiger partial charge in [-0.2, -0.15) is 0 Å². The van der Waals surface area contributed by atoms with Crippen LogP contribution in [0.25, 0.3) is 0 Å². The molecule has 0 bridgehead atoms. The molecular weight excluding hydrogens is 276 g/mol. The summed E-state index contributed by atoms with van der Waals surface area (Å²) in [5.41, 5.74) is 2.26. The number of rotatable bonds is 4. The molecule has 0 unspecified atom stereocenters. The predicted octanol–water partition coefficient (Wildman–Crippen LogP) is 1.94. The normalized spacial score (nSPS) is 11.2. The van der Waals surface area contributed by atoms with Crippen LogP contribution < -0.4 is 10.0 Å². The van der Waals surface area contributed by atoms with Crippen molar-refractivity contribution in [1.29, 1.82) is 0 Å². The number of aromatic nitrogens is 2. The molecule has 0 aliphatic heterocycles. The Hall–Kier alpha value is -2.15. The second-order valence-electron chi connectivity index (χ2n) is 4.35. The van der Waals surface area contributed by atoms with Crippen LogP contribution in [0.5, 0.6) is 0 Å². The van der Waals surface area contributed by atoms with Gasteiger partial charge in [-0.3, -0.25) is 0 Å². The van der Waals surface area contributed by atoms with E-state index in [0.717, 1.165) is 5.69 Å². The third-order valence-corrected chi connectivity index (χ3v) is 4.01. The summed E-state index contributed by atoms with van der Waals surface area (Å²) in [5.74, 6) is 0.0835. The van der Waals surface area contributed by atoms with E-state index >= 15 is 0 Å². The average molecular weight is 292 g/mol. The summed E-state index contributed by atoms with van der Waals surface area (Å²) in [6.07, 6.45) is 0. The molecule has 6 nitrogen and oxygen atoms in total. The van der Waals surface area contributed by atoms with Crippen LogP contribution in [0.1, 0.15) is 11.4 Å². The first-order valence-electron chi connectivity index (χ1n) is 6.03. The van der Waals surface area contributed by atoms with Gasteiger partial charge in [0.15, 0.2) is 0 Å². The second-order valence-corrected chi connectivity index (χ2v) is 6.04. The lowest BCUT2D eigenvalue weighted by atomic mass is 10.3. The SMILES string of the molecule is CNc1ccc(S(=O)(=O)Nc2nc(C)cc(C)n2)cc1. The second kappa shape index (κ2) is 5.46. The smallest absolute Gasteiger partial charge is 0.264 e. The maximum Gasteiger partial charge on any atom is 0.264 e. The quantitative estimate of drug-likeness (QED) is 0.899. The van der Waals surface area contributed by atoms with Crippen molar-refractivity contribution in [2.75, 3.05) is 17.1 Å². The van der Waals surface area contributed by atoms with Gasteiger partial charge in [0, 0.05) is 24.1 Å². The lowest BCUT2D eigenvalue weighted by molar-refractivity contribution is 0.601. The van der Waals surface area contributed by atoms with Gasteiger partial charge < -0.3 is 5.32 Å². The Bertz CT molecular complexity index is 691. The van der Waals surface area contributed by atoms with Crippen molar-refractivity contribution in [2.45, 2.75) is 18.7 Å². The zero-order valence-electron chi connectivity index (χ0n) is 11.5. The van der Waals surface area contributed by atoms with Gasteiger partial charge in [-0.15, -0.1) is 0 Å². The molecule has 1 heterocycles. The lowest BCUT2D eigenvalue weighted by Crippen LogP contribution is -2.15. The van der Waals surface area contributed by atoms with Crippen LogP contribution in [0.4, 0.5) is 11.6 Å². The first-order valence-corrected chi connectivity index (χ1v) is 7.52. The minimum absolute atomic E-state index is 0.0835. The Morgan fingerprint density at radius 3 is 2.05 bits per heavy atom. The highest BCUT2D eigenvalue weighted by molar-refractivity contribution is 7.92.